The molecule has 2 fully saturated rings. The van der Waals surface area contributed by atoms with E-state index in [9.17, 15) is 13.2 Å². The lowest BCUT2D eigenvalue weighted by Crippen LogP contribution is -2.60. The minimum atomic E-state index is -3.44. The van der Waals surface area contributed by atoms with Crippen LogP contribution in [-0.2, 0) is 20.1 Å². The van der Waals surface area contributed by atoms with E-state index in [2.05, 4.69) is 10.1 Å². The van der Waals surface area contributed by atoms with Gasteiger partial charge in [0.25, 0.3) is 0 Å². The summed E-state index contributed by atoms with van der Waals surface area (Å²) in [6.07, 6.45) is 0.978. The van der Waals surface area contributed by atoms with E-state index < -0.39 is 26.1 Å². The molecule has 0 bridgehead atoms. The van der Waals surface area contributed by atoms with Crippen LogP contribution >= 0.6 is 22.9 Å². The maximum absolute atomic E-state index is 12.6. The zero-order valence-corrected chi connectivity index (χ0v) is 14.4. The molecule has 9 heteroatoms. The fraction of sp³-hybridized carbons (Fsp3) is 0.538. The first-order valence-electron chi connectivity index (χ1n) is 6.63. The minimum absolute atomic E-state index is 0.0188. The van der Waals surface area contributed by atoms with Crippen LogP contribution in [0, 0.1) is 5.41 Å². The van der Waals surface area contributed by atoms with Gasteiger partial charge in [-0.05, 0) is 25.8 Å². The van der Waals surface area contributed by atoms with E-state index >= 15 is 0 Å². The molecule has 2 N–H and O–H groups in total. The molecule has 3 rings (SSSR count). The summed E-state index contributed by atoms with van der Waals surface area (Å²) in [6, 6.07) is 1.47. The van der Waals surface area contributed by atoms with Gasteiger partial charge in [0.15, 0.2) is 9.84 Å². The summed E-state index contributed by atoms with van der Waals surface area (Å²) in [5.74, 6) is -0.650. The van der Waals surface area contributed by atoms with Crippen molar-refractivity contribution in [2.24, 2.45) is 0 Å². The molecular formula is C13H15ClN2O4S2. The third-order valence-electron chi connectivity index (χ3n) is 4.21. The number of rotatable bonds is 2. The van der Waals surface area contributed by atoms with Gasteiger partial charge in [0, 0.05) is 0 Å². The number of sulfone groups is 1. The Labute approximate surface area is 137 Å². The van der Waals surface area contributed by atoms with E-state index in [1.807, 2.05) is 0 Å². The molecule has 6 nitrogen and oxygen atoms in total. The highest BCUT2D eigenvalue weighted by Crippen LogP contribution is 2.50. The molecule has 22 heavy (non-hydrogen) atoms. The number of esters is 1. The van der Waals surface area contributed by atoms with Crippen LogP contribution in [0.5, 0.6) is 0 Å². The normalized spacial score (nSPS) is 28.2. The van der Waals surface area contributed by atoms with Crippen molar-refractivity contribution in [2.45, 2.75) is 30.1 Å². The summed E-state index contributed by atoms with van der Waals surface area (Å²) in [6.45, 7) is 1.69. The van der Waals surface area contributed by atoms with Crippen molar-refractivity contribution in [3.8, 4) is 0 Å². The van der Waals surface area contributed by atoms with Crippen molar-refractivity contribution in [1.29, 1.82) is 5.41 Å². The summed E-state index contributed by atoms with van der Waals surface area (Å²) in [4.78, 5) is 12.5. The van der Waals surface area contributed by atoms with E-state index in [-0.39, 0.29) is 11.6 Å². The van der Waals surface area contributed by atoms with Gasteiger partial charge in [-0.3, -0.25) is 5.41 Å². The Balaban J connectivity index is 2.03. The molecule has 0 amide bonds. The predicted molar refractivity (Wildman–Crippen MR) is 84.6 cm³/mol. The molecule has 0 radical (unpaired) electrons. The highest BCUT2D eigenvalue weighted by atomic mass is 35.5. The summed E-state index contributed by atoms with van der Waals surface area (Å²) in [5.41, 5.74) is -1.02. The quantitative estimate of drug-likeness (QED) is 0.783. The van der Waals surface area contributed by atoms with Gasteiger partial charge in [-0.1, -0.05) is 11.6 Å². The zero-order valence-electron chi connectivity index (χ0n) is 12.0. The maximum Gasteiger partial charge on any atom is 0.348 e. The highest BCUT2D eigenvalue weighted by molar-refractivity contribution is 7.94. The highest BCUT2D eigenvalue weighted by Gasteiger charge is 2.63. The van der Waals surface area contributed by atoms with Crippen molar-refractivity contribution in [3.05, 3.63) is 20.8 Å². The monoisotopic (exact) mass is 362 g/mol. The molecule has 0 aromatic carbocycles. The Kier molecular flexibility index (Phi) is 3.36. The van der Waals surface area contributed by atoms with Crippen LogP contribution in [0.25, 0.3) is 0 Å². The van der Waals surface area contributed by atoms with E-state index in [1.54, 1.807) is 6.92 Å². The van der Waals surface area contributed by atoms with Gasteiger partial charge >= 0.3 is 5.97 Å². The number of hydrogen-bond donors (Lipinski definition) is 2. The third-order valence-corrected chi connectivity index (χ3v) is 8.76. The Hall–Kier alpha value is -1.12. The van der Waals surface area contributed by atoms with Crippen LogP contribution < -0.4 is 5.32 Å². The van der Waals surface area contributed by atoms with Gasteiger partial charge in [-0.25, -0.2) is 13.2 Å². The summed E-state index contributed by atoms with van der Waals surface area (Å²) < 4.78 is 28.8. The Morgan fingerprint density at radius 2 is 2.14 bits per heavy atom. The predicted octanol–water partition coefficient (Wildman–Crippen LogP) is 1.93. The minimum Gasteiger partial charge on any atom is -0.465 e. The zero-order chi connectivity index (χ0) is 16.3. The van der Waals surface area contributed by atoms with Gasteiger partial charge in [0.2, 0.25) is 0 Å². The van der Waals surface area contributed by atoms with Crippen molar-refractivity contribution in [2.75, 3.05) is 12.9 Å². The van der Waals surface area contributed by atoms with E-state index in [4.69, 9.17) is 17.0 Å². The molecule has 2 aliphatic rings. The second kappa shape index (κ2) is 4.69. The molecule has 1 aliphatic carbocycles. The van der Waals surface area contributed by atoms with Crippen LogP contribution in [0.1, 0.15) is 34.3 Å². The molecule has 1 aliphatic heterocycles. The fourth-order valence-electron chi connectivity index (χ4n) is 2.84. The number of amidine groups is 1. The van der Waals surface area contributed by atoms with Gasteiger partial charge in [-0.2, -0.15) is 0 Å². The number of nitrogens with one attached hydrogen (secondary N) is 2. The summed E-state index contributed by atoms with van der Waals surface area (Å²) >= 11 is 7.28. The fourth-order valence-corrected chi connectivity index (χ4v) is 6.84. The van der Waals surface area contributed by atoms with Gasteiger partial charge < -0.3 is 10.1 Å². The summed E-state index contributed by atoms with van der Waals surface area (Å²) in [5, 5.41) is 11.4. The van der Waals surface area contributed by atoms with Gasteiger partial charge in [0.05, 0.1) is 28.3 Å². The van der Waals surface area contributed by atoms with Gasteiger partial charge in [-0.15, -0.1) is 11.3 Å². The first-order valence-corrected chi connectivity index (χ1v) is 9.47. The first kappa shape index (κ1) is 15.8. The lowest BCUT2D eigenvalue weighted by Gasteiger charge is -2.39. The largest absolute Gasteiger partial charge is 0.465 e. The standard InChI is InChI=1S/C13H15ClN2O4S2/c1-12(9-7(14)5-8(21-9)10(17)20-2)6-22(18,19)13(3-4-13)11(15)16-12/h5H,3-4,6H2,1-2H3,(H2,15,16)/t12-/m0/s1. The van der Waals surface area contributed by atoms with Crippen LogP contribution in [0.4, 0.5) is 0 Å². The molecule has 2 heterocycles. The van der Waals surface area contributed by atoms with Crippen molar-refractivity contribution in [3.63, 3.8) is 0 Å². The number of thiophene rings is 1. The van der Waals surface area contributed by atoms with E-state index in [0.717, 1.165) is 11.3 Å². The average molecular weight is 363 g/mol. The van der Waals surface area contributed by atoms with Crippen molar-refractivity contribution in [1.82, 2.24) is 5.32 Å². The topological polar surface area (TPSA) is 96.3 Å². The SMILES string of the molecule is COC(=O)c1cc(Cl)c([C@]2(C)CS(=O)(=O)C3(CC3)C(=N)N2)s1. The molecule has 1 atom stereocenters. The molecule has 0 unspecified atom stereocenters. The molecule has 120 valence electrons. The number of carbonyl (C=O) groups excluding carboxylic acids is 1. The number of hydrogen-bond acceptors (Lipinski definition) is 6. The van der Waals surface area contributed by atoms with Crippen LogP contribution in [0.3, 0.4) is 0 Å². The smallest absolute Gasteiger partial charge is 0.348 e. The van der Waals surface area contributed by atoms with Crippen LogP contribution in [-0.4, -0.2) is 37.8 Å². The average Bonchev–Trinajstić information content (AvgIpc) is 3.14. The third kappa shape index (κ3) is 2.08. The maximum atomic E-state index is 12.6. The van der Waals surface area contributed by atoms with Crippen LogP contribution in [0.15, 0.2) is 6.07 Å². The number of carbonyl (C=O) groups is 1. The lowest BCUT2D eigenvalue weighted by molar-refractivity contribution is 0.0606. The van der Waals surface area contributed by atoms with E-state index in [1.165, 1.54) is 13.2 Å². The molecule has 1 saturated heterocycles. The number of halogens is 1. The van der Waals surface area contributed by atoms with Crippen molar-refractivity contribution >= 4 is 44.6 Å². The molecule has 1 aromatic rings. The second-order valence-corrected chi connectivity index (χ2v) is 9.62. The van der Waals surface area contributed by atoms with Gasteiger partial charge in [0.1, 0.15) is 15.5 Å². The number of ether oxygens (including phenoxy) is 1. The van der Waals surface area contributed by atoms with Crippen molar-refractivity contribution < 1.29 is 17.9 Å². The number of methoxy groups -OCH3 is 1. The Morgan fingerprint density at radius 3 is 2.64 bits per heavy atom. The molecule has 1 spiro atoms. The molecule has 1 aromatic heterocycles. The van der Waals surface area contributed by atoms with E-state index in [0.29, 0.717) is 27.6 Å². The molecular weight excluding hydrogens is 348 g/mol. The molecule has 1 saturated carbocycles. The second-order valence-electron chi connectivity index (χ2n) is 5.86. The first-order chi connectivity index (χ1) is 10.2. The lowest BCUT2D eigenvalue weighted by atomic mass is 10.0. The Morgan fingerprint density at radius 1 is 1.50 bits per heavy atom. The Bertz CT molecular complexity index is 782. The van der Waals surface area contributed by atoms with Crippen LogP contribution in [0.2, 0.25) is 5.02 Å². The summed E-state index contributed by atoms with van der Waals surface area (Å²) in [7, 11) is -2.17.